The standard InChI is InChI=1S/C6H10O2.C5H8O2/c1-4(5(2)7)6(3)8;1-4(6)3-5(2)7/h4H,1-3H3;3H2,1-2H3. The highest BCUT2D eigenvalue weighted by Gasteiger charge is 2.11. The van der Waals surface area contributed by atoms with Gasteiger partial charge in [-0.2, -0.15) is 0 Å². The van der Waals surface area contributed by atoms with Crippen molar-refractivity contribution in [2.45, 2.75) is 41.0 Å². The molecular formula is C11H18O4. The average Bonchev–Trinajstić information content (AvgIpc) is 2.00. The Morgan fingerprint density at radius 2 is 1.07 bits per heavy atom. The Balaban J connectivity index is 0. The fourth-order valence-corrected chi connectivity index (χ4v) is 0.637. The van der Waals surface area contributed by atoms with E-state index in [1.807, 2.05) is 0 Å². The first kappa shape index (κ1) is 16.1. The van der Waals surface area contributed by atoms with Gasteiger partial charge in [0.15, 0.2) is 0 Å². The molecule has 86 valence electrons. The summed E-state index contributed by atoms with van der Waals surface area (Å²) in [5.74, 6) is -0.648. The molecule has 0 rings (SSSR count). The summed E-state index contributed by atoms with van der Waals surface area (Å²) in [6.45, 7) is 7.27. The number of carbonyl (C=O) groups excluding carboxylic acids is 4. The van der Waals surface area contributed by atoms with E-state index in [1.165, 1.54) is 27.7 Å². The van der Waals surface area contributed by atoms with E-state index in [0.29, 0.717) is 0 Å². The van der Waals surface area contributed by atoms with Crippen LogP contribution in [0, 0.1) is 5.92 Å². The number of hydrogen-bond donors (Lipinski definition) is 0. The molecule has 0 aromatic rings. The Morgan fingerprint density at radius 3 is 1.07 bits per heavy atom. The van der Waals surface area contributed by atoms with Crippen molar-refractivity contribution in [2.75, 3.05) is 0 Å². The zero-order chi connectivity index (χ0) is 12.6. The molecule has 0 unspecified atom stereocenters. The fourth-order valence-electron chi connectivity index (χ4n) is 0.637. The van der Waals surface area contributed by atoms with E-state index < -0.39 is 5.92 Å². The second-order valence-electron chi connectivity index (χ2n) is 3.52. The monoisotopic (exact) mass is 214 g/mol. The highest BCUT2D eigenvalue weighted by molar-refractivity contribution is 5.99. The van der Waals surface area contributed by atoms with Gasteiger partial charge in [0.25, 0.3) is 0 Å². The van der Waals surface area contributed by atoms with Gasteiger partial charge in [0.05, 0.1) is 12.3 Å². The zero-order valence-corrected chi connectivity index (χ0v) is 9.92. The number of ketones is 4. The van der Waals surface area contributed by atoms with Crippen LogP contribution in [0.25, 0.3) is 0 Å². The van der Waals surface area contributed by atoms with Crippen molar-refractivity contribution in [1.29, 1.82) is 0 Å². The lowest BCUT2D eigenvalue weighted by Gasteiger charge is -1.97. The first-order valence-corrected chi connectivity index (χ1v) is 4.68. The summed E-state index contributed by atoms with van der Waals surface area (Å²) in [6, 6.07) is 0. The maximum atomic E-state index is 10.4. The summed E-state index contributed by atoms with van der Waals surface area (Å²) in [7, 11) is 0. The number of Topliss-reactive ketones (excluding diaryl/α,β-unsaturated/α-hetero) is 4. The predicted molar refractivity (Wildman–Crippen MR) is 56.5 cm³/mol. The van der Waals surface area contributed by atoms with E-state index in [-0.39, 0.29) is 29.6 Å². The topological polar surface area (TPSA) is 68.3 Å². The molecule has 0 amide bonds. The van der Waals surface area contributed by atoms with E-state index in [4.69, 9.17) is 0 Å². The molecule has 0 heterocycles. The molecule has 0 atom stereocenters. The number of hydrogen-bond acceptors (Lipinski definition) is 4. The third-order valence-corrected chi connectivity index (χ3v) is 1.72. The molecule has 4 heteroatoms. The van der Waals surface area contributed by atoms with Crippen molar-refractivity contribution < 1.29 is 19.2 Å². The van der Waals surface area contributed by atoms with Crippen LogP contribution in [0.4, 0.5) is 0 Å². The third kappa shape index (κ3) is 12.7. The molecule has 0 aliphatic heterocycles. The second kappa shape index (κ2) is 8.03. The quantitative estimate of drug-likeness (QED) is 0.662. The van der Waals surface area contributed by atoms with Gasteiger partial charge < -0.3 is 0 Å². The molecule has 0 saturated carbocycles. The minimum Gasteiger partial charge on any atom is -0.300 e. The SMILES string of the molecule is CC(=O)C(C)C(C)=O.CC(=O)CC(C)=O. The van der Waals surface area contributed by atoms with Gasteiger partial charge in [-0.25, -0.2) is 0 Å². The largest absolute Gasteiger partial charge is 0.300 e. The Kier molecular flexibility index (Phi) is 8.63. The molecule has 0 aromatic heterocycles. The first-order chi connectivity index (χ1) is 6.68. The smallest absolute Gasteiger partial charge is 0.139 e. The van der Waals surface area contributed by atoms with Crippen molar-refractivity contribution in [3.05, 3.63) is 0 Å². The van der Waals surface area contributed by atoms with Crippen molar-refractivity contribution >= 4 is 23.1 Å². The van der Waals surface area contributed by atoms with Crippen LogP contribution in [0.5, 0.6) is 0 Å². The average molecular weight is 214 g/mol. The van der Waals surface area contributed by atoms with E-state index in [2.05, 4.69) is 0 Å². The molecular weight excluding hydrogens is 196 g/mol. The second-order valence-corrected chi connectivity index (χ2v) is 3.52. The van der Waals surface area contributed by atoms with Gasteiger partial charge in [0.2, 0.25) is 0 Å². The molecule has 0 aromatic carbocycles. The summed E-state index contributed by atoms with van der Waals surface area (Å²) in [5.41, 5.74) is 0. The van der Waals surface area contributed by atoms with Crippen LogP contribution in [-0.4, -0.2) is 23.1 Å². The van der Waals surface area contributed by atoms with Gasteiger partial charge in [-0.3, -0.25) is 19.2 Å². The predicted octanol–water partition coefficient (Wildman–Crippen LogP) is 1.35. The summed E-state index contributed by atoms with van der Waals surface area (Å²) in [6.07, 6.45) is 0.0833. The lowest BCUT2D eigenvalue weighted by molar-refractivity contribution is -0.130. The summed E-state index contributed by atoms with van der Waals surface area (Å²) in [5, 5.41) is 0. The maximum absolute atomic E-state index is 10.4. The lowest BCUT2D eigenvalue weighted by atomic mass is 10.0. The number of rotatable bonds is 4. The highest BCUT2D eigenvalue weighted by atomic mass is 16.2. The van der Waals surface area contributed by atoms with Crippen LogP contribution in [0.2, 0.25) is 0 Å². The minimum absolute atomic E-state index is 0.0579. The minimum atomic E-state index is -0.407. The molecule has 0 fully saturated rings. The third-order valence-electron chi connectivity index (χ3n) is 1.72. The van der Waals surface area contributed by atoms with Gasteiger partial charge in [0, 0.05) is 0 Å². The van der Waals surface area contributed by atoms with Crippen LogP contribution in [0.3, 0.4) is 0 Å². The Labute approximate surface area is 90.0 Å². The van der Waals surface area contributed by atoms with E-state index in [9.17, 15) is 19.2 Å². The molecule has 0 radical (unpaired) electrons. The van der Waals surface area contributed by atoms with Crippen molar-refractivity contribution in [2.24, 2.45) is 5.92 Å². The fraction of sp³-hybridized carbons (Fsp3) is 0.636. The Hall–Kier alpha value is -1.32. The highest BCUT2D eigenvalue weighted by Crippen LogP contribution is 1.95. The zero-order valence-electron chi connectivity index (χ0n) is 9.92. The first-order valence-electron chi connectivity index (χ1n) is 4.68. The Bertz CT molecular complexity index is 240. The van der Waals surface area contributed by atoms with Crippen LogP contribution in [0.1, 0.15) is 41.0 Å². The normalized spacial score (nSPS) is 8.93. The van der Waals surface area contributed by atoms with Gasteiger partial charge in [-0.05, 0) is 34.6 Å². The lowest BCUT2D eigenvalue weighted by Crippen LogP contribution is -2.14. The Morgan fingerprint density at radius 1 is 0.800 bits per heavy atom. The summed E-state index contributed by atoms with van der Waals surface area (Å²) in [4.78, 5) is 40.8. The van der Waals surface area contributed by atoms with Crippen LogP contribution in [0.15, 0.2) is 0 Å². The molecule has 4 nitrogen and oxygen atoms in total. The van der Waals surface area contributed by atoms with Crippen LogP contribution >= 0.6 is 0 Å². The van der Waals surface area contributed by atoms with Gasteiger partial charge in [0.1, 0.15) is 23.1 Å². The van der Waals surface area contributed by atoms with Crippen molar-refractivity contribution in [1.82, 2.24) is 0 Å². The number of carbonyl (C=O) groups is 4. The maximum Gasteiger partial charge on any atom is 0.139 e. The molecule has 15 heavy (non-hydrogen) atoms. The molecule has 0 aliphatic rings. The van der Waals surface area contributed by atoms with Crippen LogP contribution in [-0.2, 0) is 19.2 Å². The van der Waals surface area contributed by atoms with E-state index in [1.54, 1.807) is 6.92 Å². The van der Waals surface area contributed by atoms with Crippen molar-refractivity contribution in [3.8, 4) is 0 Å². The van der Waals surface area contributed by atoms with Gasteiger partial charge >= 0.3 is 0 Å². The molecule has 0 spiro atoms. The molecule has 0 bridgehead atoms. The molecule has 0 saturated heterocycles. The van der Waals surface area contributed by atoms with E-state index in [0.717, 1.165) is 0 Å². The van der Waals surface area contributed by atoms with Gasteiger partial charge in [-0.15, -0.1) is 0 Å². The molecule has 0 aliphatic carbocycles. The molecule has 0 N–H and O–H groups in total. The van der Waals surface area contributed by atoms with Gasteiger partial charge in [-0.1, -0.05) is 0 Å². The van der Waals surface area contributed by atoms with Crippen molar-refractivity contribution in [3.63, 3.8) is 0 Å². The van der Waals surface area contributed by atoms with E-state index >= 15 is 0 Å². The summed E-state index contributed by atoms with van der Waals surface area (Å²) < 4.78 is 0. The summed E-state index contributed by atoms with van der Waals surface area (Å²) >= 11 is 0. The van der Waals surface area contributed by atoms with Crippen LogP contribution < -0.4 is 0 Å².